The number of fused-ring (bicyclic) bond motifs is 4. The molecule has 0 unspecified atom stereocenters. The molecular formula is C20H16N4O3. The molecular weight excluding hydrogens is 344 g/mol. The number of hydrogen-bond donors (Lipinski definition) is 2. The van der Waals surface area contributed by atoms with Crippen molar-refractivity contribution in [3.8, 4) is 11.1 Å². The van der Waals surface area contributed by atoms with E-state index >= 15 is 0 Å². The van der Waals surface area contributed by atoms with Crippen LogP contribution in [0.3, 0.4) is 0 Å². The van der Waals surface area contributed by atoms with Crippen LogP contribution in [0, 0.1) is 0 Å². The standard InChI is InChI=1S/C20H16N4O3/c1-10(2)24-19-16(20(26)23-24)15(11-4-3-7-21-9-11)18-17(22-19)13-6-5-12(25)8-14(13)27-18/h3-10,22H,1-2H3,(H,23,26). The van der Waals surface area contributed by atoms with E-state index in [2.05, 4.69) is 15.1 Å². The van der Waals surface area contributed by atoms with E-state index in [0.29, 0.717) is 27.8 Å². The lowest BCUT2D eigenvalue weighted by molar-refractivity contribution is 0.542. The minimum absolute atomic E-state index is 0.0528. The van der Waals surface area contributed by atoms with E-state index in [1.54, 1.807) is 23.1 Å². The maximum atomic E-state index is 12.8. The highest BCUT2D eigenvalue weighted by Crippen LogP contribution is 2.37. The summed E-state index contributed by atoms with van der Waals surface area (Å²) >= 11 is 0. The van der Waals surface area contributed by atoms with E-state index in [-0.39, 0.29) is 17.0 Å². The molecule has 5 rings (SSSR count). The Labute approximate surface area is 152 Å². The highest BCUT2D eigenvalue weighted by molar-refractivity contribution is 6.14. The first-order valence-electron chi connectivity index (χ1n) is 8.68. The van der Waals surface area contributed by atoms with Gasteiger partial charge in [-0.3, -0.25) is 24.4 Å². The summed E-state index contributed by atoms with van der Waals surface area (Å²) in [4.78, 5) is 32.1. The summed E-state index contributed by atoms with van der Waals surface area (Å²) < 4.78 is 7.83. The van der Waals surface area contributed by atoms with Crippen LogP contribution < -0.4 is 11.0 Å². The van der Waals surface area contributed by atoms with Gasteiger partial charge in [0, 0.05) is 41.0 Å². The van der Waals surface area contributed by atoms with Gasteiger partial charge in [0.1, 0.15) is 11.2 Å². The van der Waals surface area contributed by atoms with Gasteiger partial charge in [-0.15, -0.1) is 0 Å². The Kier molecular flexibility index (Phi) is 3.15. The molecule has 4 heterocycles. The lowest BCUT2D eigenvalue weighted by Gasteiger charge is -2.10. The van der Waals surface area contributed by atoms with Gasteiger partial charge in [0.05, 0.1) is 10.9 Å². The van der Waals surface area contributed by atoms with Crippen LogP contribution in [0.25, 0.3) is 44.2 Å². The Hall–Kier alpha value is -3.61. The molecule has 134 valence electrons. The number of nitrogens with zero attached hydrogens (tertiary/aromatic N) is 2. The van der Waals surface area contributed by atoms with Gasteiger partial charge >= 0.3 is 0 Å². The third kappa shape index (κ3) is 2.18. The van der Waals surface area contributed by atoms with Gasteiger partial charge < -0.3 is 9.40 Å². The van der Waals surface area contributed by atoms with Crippen molar-refractivity contribution < 1.29 is 4.42 Å². The molecule has 0 fully saturated rings. The van der Waals surface area contributed by atoms with Crippen molar-refractivity contribution in [2.45, 2.75) is 19.9 Å². The smallest absolute Gasteiger partial charge is 0.274 e. The summed E-state index contributed by atoms with van der Waals surface area (Å²) in [6, 6.07) is 8.46. The second-order valence-electron chi connectivity index (χ2n) is 6.83. The number of aromatic amines is 2. The first kappa shape index (κ1) is 15.6. The first-order valence-corrected chi connectivity index (χ1v) is 8.68. The Bertz CT molecular complexity index is 1440. The Balaban J connectivity index is 2.08. The Morgan fingerprint density at radius 1 is 1.19 bits per heavy atom. The molecule has 0 saturated carbocycles. The summed E-state index contributed by atoms with van der Waals surface area (Å²) in [6.07, 6.45) is 3.38. The average molecular weight is 360 g/mol. The van der Waals surface area contributed by atoms with Crippen LogP contribution in [0.2, 0.25) is 0 Å². The molecule has 0 atom stereocenters. The third-order valence-corrected chi connectivity index (χ3v) is 4.78. The number of pyridine rings is 2. The summed E-state index contributed by atoms with van der Waals surface area (Å²) in [7, 11) is 0. The monoisotopic (exact) mass is 360 g/mol. The van der Waals surface area contributed by atoms with Crippen LogP contribution in [-0.2, 0) is 0 Å². The molecule has 0 aliphatic rings. The third-order valence-electron chi connectivity index (χ3n) is 4.78. The molecule has 7 nitrogen and oxygen atoms in total. The van der Waals surface area contributed by atoms with Gasteiger partial charge in [0.15, 0.2) is 11.0 Å². The minimum Gasteiger partial charge on any atom is -0.454 e. The van der Waals surface area contributed by atoms with Crippen molar-refractivity contribution in [2.75, 3.05) is 0 Å². The normalized spacial score (nSPS) is 12.0. The maximum Gasteiger partial charge on any atom is 0.274 e. The molecule has 1 aromatic carbocycles. The van der Waals surface area contributed by atoms with Gasteiger partial charge in [-0.2, -0.15) is 0 Å². The van der Waals surface area contributed by atoms with Gasteiger partial charge in [-0.05, 0) is 32.0 Å². The fraction of sp³-hybridized carbons (Fsp3) is 0.150. The Morgan fingerprint density at radius 2 is 2.04 bits per heavy atom. The van der Waals surface area contributed by atoms with Crippen molar-refractivity contribution in [3.05, 3.63) is 63.3 Å². The zero-order chi connectivity index (χ0) is 18.7. The van der Waals surface area contributed by atoms with Crippen molar-refractivity contribution in [1.29, 1.82) is 0 Å². The number of hydrogen-bond acceptors (Lipinski definition) is 4. The summed E-state index contributed by atoms with van der Waals surface area (Å²) in [5, 5.41) is 4.20. The molecule has 7 heteroatoms. The summed E-state index contributed by atoms with van der Waals surface area (Å²) in [5.74, 6) is 0. The number of benzene rings is 1. The fourth-order valence-electron chi connectivity index (χ4n) is 3.59. The van der Waals surface area contributed by atoms with Crippen molar-refractivity contribution in [1.82, 2.24) is 19.7 Å². The molecule has 0 saturated heterocycles. The van der Waals surface area contributed by atoms with Crippen LogP contribution >= 0.6 is 0 Å². The van der Waals surface area contributed by atoms with Crippen LogP contribution in [0.15, 0.2) is 56.7 Å². The van der Waals surface area contributed by atoms with Crippen LogP contribution in [0.1, 0.15) is 19.9 Å². The second kappa shape index (κ2) is 5.44. The zero-order valence-electron chi connectivity index (χ0n) is 14.7. The van der Waals surface area contributed by atoms with E-state index in [1.807, 2.05) is 26.0 Å². The SMILES string of the molecule is CC(C)n1[nH]c(=O)c2c(-c3cccnc3)c3oc4cc(=O)ccc4c3[nH]c21. The van der Waals surface area contributed by atoms with Gasteiger partial charge in [-0.25, -0.2) is 0 Å². The minimum atomic E-state index is -0.208. The van der Waals surface area contributed by atoms with Gasteiger partial charge in [-0.1, -0.05) is 6.07 Å². The number of furan rings is 1. The predicted molar refractivity (Wildman–Crippen MR) is 104 cm³/mol. The fourth-order valence-corrected chi connectivity index (χ4v) is 3.59. The molecule has 0 aliphatic heterocycles. The molecule has 0 spiro atoms. The highest BCUT2D eigenvalue weighted by Gasteiger charge is 2.22. The van der Waals surface area contributed by atoms with Crippen molar-refractivity contribution in [2.24, 2.45) is 0 Å². The lowest BCUT2D eigenvalue weighted by Crippen LogP contribution is -2.07. The summed E-state index contributed by atoms with van der Waals surface area (Å²) in [6.45, 7) is 3.99. The summed E-state index contributed by atoms with van der Waals surface area (Å²) in [5.41, 5.74) is 3.53. The van der Waals surface area contributed by atoms with E-state index in [4.69, 9.17) is 4.42 Å². The lowest BCUT2D eigenvalue weighted by atomic mass is 10.0. The van der Waals surface area contributed by atoms with Crippen LogP contribution in [-0.4, -0.2) is 19.7 Å². The largest absolute Gasteiger partial charge is 0.454 e. The number of nitrogens with one attached hydrogen (secondary N) is 2. The first-order chi connectivity index (χ1) is 13.0. The topological polar surface area (TPSA) is 96.7 Å². The molecule has 0 aliphatic carbocycles. The molecule has 0 bridgehead atoms. The van der Waals surface area contributed by atoms with Gasteiger partial charge in [0.25, 0.3) is 5.56 Å². The van der Waals surface area contributed by atoms with Gasteiger partial charge in [0.2, 0.25) is 0 Å². The quantitative estimate of drug-likeness (QED) is 0.503. The van der Waals surface area contributed by atoms with E-state index < -0.39 is 0 Å². The van der Waals surface area contributed by atoms with Crippen LogP contribution in [0.4, 0.5) is 0 Å². The Morgan fingerprint density at radius 3 is 2.78 bits per heavy atom. The maximum absolute atomic E-state index is 12.8. The van der Waals surface area contributed by atoms with E-state index in [1.165, 1.54) is 12.1 Å². The highest BCUT2D eigenvalue weighted by atomic mass is 16.3. The number of rotatable bonds is 2. The molecule has 4 aromatic heterocycles. The molecule has 0 radical (unpaired) electrons. The average Bonchev–Trinajstić information content (AvgIpc) is 3.18. The predicted octanol–water partition coefficient (Wildman–Crippen LogP) is 3.56. The van der Waals surface area contributed by atoms with Crippen LogP contribution in [0.5, 0.6) is 0 Å². The van der Waals surface area contributed by atoms with E-state index in [9.17, 15) is 9.59 Å². The van der Waals surface area contributed by atoms with E-state index in [0.717, 1.165) is 16.5 Å². The van der Waals surface area contributed by atoms with Crippen molar-refractivity contribution in [3.63, 3.8) is 0 Å². The number of H-pyrrole nitrogens is 2. The number of aromatic nitrogens is 4. The molecule has 0 amide bonds. The zero-order valence-corrected chi connectivity index (χ0v) is 14.7. The molecule has 5 aromatic rings. The van der Waals surface area contributed by atoms with Crippen molar-refractivity contribution >= 4 is 33.1 Å². The molecule has 2 N–H and O–H groups in total. The molecule has 27 heavy (non-hydrogen) atoms. The second-order valence-corrected chi connectivity index (χ2v) is 6.83.